The van der Waals surface area contributed by atoms with E-state index in [0.717, 1.165) is 0 Å². The van der Waals surface area contributed by atoms with Crippen LogP contribution in [0.1, 0.15) is 10.4 Å². The second kappa shape index (κ2) is 5.53. The summed E-state index contributed by atoms with van der Waals surface area (Å²) in [4.78, 5) is 15.8. The maximum Gasteiger partial charge on any atom is 0.256 e. The molecule has 1 aromatic heterocycles. The van der Waals surface area contributed by atoms with Gasteiger partial charge in [-0.25, -0.2) is 4.98 Å². The van der Waals surface area contributed by atoms with Gasteiger partial charge in [0.1, 0.15) is 11.6 Å². The van der Waals surface area contributed by atoms with E-state index in [1.165, 1.54) is 12.3 Å². The van der Waals surface area contributed by atoms with Crippen LogP contribution in [0.15, 0.2) is 36.5 Å². The van der Waals surface area contributed by atoms with E-state index in [4.69, 9.17) is 11.6 Å². The van der Waals surface area contributed by atoms with E-state index in [1.807, 2.05) is 22.6 Å². The third-order valence-electron chi connectivity index (χ3n) is 2.17. The zero-order valence-electron chi connectivity index (χ0n) is 9.02. The molecule has 4 nitrogen and oxygen atoms in total. The number of pyridine rings is 1. The number of benzene rings is 1. The molecule has 2 N–H and O–H groups in total. The summed E-state index contributed by atoms with van der Waals surface area (Å²) in [6.45, 7) is 0. The minimum atomic E-state index is -0.350. The molecule has 1 aromatic carbocycles. The Morgan fingerprint density at radius 1 is 1.33 bits per heavy atom. The molecule has 0 saturated heterocycles. The van der Waals surface area contributed by atoms with Crippen LogP contribution in [0.3, 0.4) is 0 Å². The van der Waals surface area contributed by atoms with E-state index < -0.39 is 0 Å². The molecule has 0 spiro atoms. The zero-order chi connectivity index (χ0) is 13.1. The van der Waals surface area contributed by atoms with Gasteiger partial charge in [-0.15, -0.1) is 0 Å². The molecule has 0 bridgehead atoms. The first-order chi connectivity index (χ1) is 8.56. The summed E-state index contributed by atoms with van der Waals surface area (Å²) in [7, 11) is 0. The standard InChI is InChI=1S/C12H8ClIN2O2/c13-8-3-4-15-11(6-8)16-12(18)7-1-2-9(14)10(17)5-7/h1-6,17H,(H,15,16,18). The maximum atomic E-state index is 11.9. The van der Waals surface area contributed by atoms with E-state index in [0.29, 0.717) is 20.0 Å². The molecule has 1 heterocycles. The zero-order valence-corrected chi connectivity index (χ0v) is 11.9. The van der Waals surface area contributed by atoms with Crippen LogP contribution in [-0.2, 0) is 0 Å². The minimum Gasteiger partial charge on any atom is -0.507 e. The van der Waals surface area contributed by atoms with Gasteiger partial charge in [-0.05, 0) is 52.9 Å². The first-order valence-electron chi connectivity index (χ1n) is 4.97. The number of carbonyl (C=O) groups excluding carboxylic acids is 1. The van der Waals surface area contributed by atoms with E-state index in [-0.39, 0.29) is 11.7 Å². The average molecular weight is 375 g/mol. The Kier molecular flexibility index (Phi) is 4.03. The van der Waals surface area contributed by atoms with Crippen molar-refractivity contribution < 1.29 is 9.90 Å². The molecule has 92 valence electrons. The van der Waals surface area contributed by atoms with Gasteiger partial charge in [-0.2, -0.15) is 0 Å². The van der Waals surface area contributed by atoms with Crippen molar-refractivity contribution in [2.24, 2.45) is 0 Å². The van der Waals surface area contributed by atoms with Gasteiger partial charge in [0.25, 0.3) is 5.91 Å². The van der Waals surface area contributed by atoms with Crippen molar-refractivity contribution >= 4 is 45.9 Å². The molecule has 18 heavy (non-hydrogen) atoms. The van der Waals surface area contributed by atoms with E-state index in [2.05, 4.69) is 10.3 Å². The molecule has 1 amide bonds. The SMILES string of the molecule is O=C(Nc1cc(Cl)ccn1)c1ccc(I)c(O)c1. The number of halogens is 2. The average Bonchev–Trinajstić information content (AvgIpc) is 2.32. The largest absolute Gasteiger partial charge is 0.507 e. The van der Waals surface area contributed by atoms with Crippen molar-refractivity contribution in [2.45, 2.75) is 0 Å². The van der Waals surface area contributed by atoms with Crippen molar-refractivity contribution in [2.75, 3.05) is 5.32 Å². The predicted octanol–water partition coefficient (Wildman–Crippen LogP) is 3.30. The highest BCUT2D eigenvalue weighted by Gasteiger charge is 2.09. The van der Waals surface area contributed by atoms with E-state index >= 15 is 0 Å². The molecule has 0 saturated carbocycles. The van der Waals surface area contributed by atoms with Gasteiger partial charge >= 0.3 is 0 Å². The summed E-state index contributed by atoms with van der Waals surface area (Å²) in [5.41, 5.74) is 0.356. The number of phenolic OH excluding ortho intramolecular Hbond substituents is 1. The van der Waals surface area contributed by atoms with Crippen molar-refractivity contribution in [3.05, 3.63) is 50.7 Å². The van der Waals surface area contributed by atoms with Crippen LogP contribution in [0, 0.1) is 3.57 Å². The normalized spacial score (nSPS) is 10.1. The number of carbonyl (C=O) groups is 1. The van der Waals surface area contributed by atoms with Gasteiger partial charge in [0.05, 0.1) is 3.57 Å². The molecular weight excluding hydrogens is 367 g/mol. The smallest absolute Gasteiger partial charge is 0.256 e. The maximum absolute atomic E-state index is 11.9. The first kappa shape index (κ1) is 13.1. The van der Waals surface area contributed by atoms with E-state index in [9.17, 15) is 9.90 Å². The van der Waals surface area contributed by atoms with Gasteiger partial charge in [0, 0.05) is 16.8 Å². The monoisotopic (exact) mass is 374 g/mol. The number of nitrogens with zero attached hydrogens (tertiary/aromatic N) is 1. The minimum absolute atomic E-state index is 0.0716. The summed E-state index contributed by atoms with van der Waals surface area (Å²) in [5.74, 6) is 0.0873. The quantitative estimate of drug-likeness (QED) is 0.793. The summed E-state index contributed by atoms with van der Waals surface area (Å²) in [6, 6.07) is 7.86. The lowest BCUT2D eigenvalue weighted by Gasteiger charge is -2.05. The van der Waals surface area contributed by atoms with Crippen LogP contribution in [0.4, 0.5) is 5.82 Å². The van der Waals surface area contributed by atoms with Gasteiger partial charge in [0.15, 0.2) is 0 Å². The highest BCUT2D eigenvalue weighted by Crippen LogP contribution is 2.21. The number of hydrogen-bond donors (Lipinski definition) is 2. The Labute approximate surface area is 122 Å². The van der Waals surface area contributed by atoms with Crippen molar-refractivity contribution in [1.82, 2.24) is 4.98 Å². The number of aromatic nitrogens is 1. The fourth-order valence-corrected chi connectivity index (χ4v) is 1.81. The Morgan fingerprint density at radius 3 is 2.78 bits per heavy atom. The second-order valence-electron chi connectivity index (χ2n) is 3.48. The molecule has 6 heteroatoms. The Hall–Kier alpha value is -1.34. The Morgan fingerprint density at radius 2 is 2.11 bits per heavy atom. The molecular formula is C12H8ClIN2O2. The number of phenols is 1. The highest BCUT2D eigenvalue weighted by atomic mass is 127. The number of anilines is 1. The molecule has 0 atom stereocenters. The molecule has 0 aliphatic carbocycles. The topological polar surface area (TPSA) is 62.2 Å². The predicted molar refractivity (Wildman–Crippen MR) is 78.0 cm³/mol. The molecule has 0 aliphatic heterocycles. The van der Waals surface area contributed by atoms with Gasteiger partial charge in [0.2, 0.25) is 0 Å². The van der Waals surface area contributed by atoms with Crippen LogP contribution >= 0.6 is 34.2 Å². The van der Waals surface area contributed by atoms with Crippen LogP contribution < -0.4 is 5.32 Å². The summed E-state index contributed by atoms with van der Waals surface area (Å²) < 4.78 is 0.685. The summed E-state index contributed by atoms with van der Waals surface area (Å²) in [5, 5.41) is 12.6. The Balaban J connectivity index is 2.19. The van der Waals surface area contributed by atoms with Crippen LogP contribution in [0.5, 0.6) is 5.75 Å². The molecule has 0 fully saturated rings. The third-order valence-corrected chi connectivity index (χ3v) is 3.32. The second-order valence-corrected chi connectivity index (χ2v) is 5.08. The van der Waals surface area contributed by atoms with Crippen LogP contribution in [-0.4, -0.2) is 16.0 Å². The lowest BCUT2D eigenvalue weighted by Crippen LogP contribution is -2.12. The lowest BCUT2D eigenvalue weighted by molar-refractivity contribution is 0.102. The number of amides is 1. The van der Waals surface area contributed by atoms with E-state index in [1.54, 1.807) is 24.3 Å². The lowest BCUT2D eigenvalue weighted by atomic mass is 10.2. The van der Waals surface area contributed by atoms with Crippen molar-refractivity contribution in [3.63, 3.8) is 0 Å². The third kappa shape index (κ3) is 3.11. The highest BCUT2D eigenvalue weighted by molar-refractivity contribution is 14.1. The fourth-order valence-electron chi connectivity index (χ4n) is 1.32. The van der Waals surface area contributed by atoms with Gasteiger partial charge in [-0.1, -0.05) is 11.6 Å². The summed E-state index contributed by atoms with van der Waals surface area (Å²) >= 11 is 7.77. The van der Waals surface area contributed by atoms with Crippen molar-refractivity contribution in [1.29, 1.82) is 0 Å². The van der Waals surface area contributed by atoms with Crippen LogP contribution in [0.2, 0.25) is 5.02 Å². The molecule has 0 aliphatic rings. The van der Waals surface area contributed by atoms with Crippen LogP contribution in [0.25, 0.3) is 0 Å². The van der Waals surface area contributed by atoms with Gasteiger partial charge in [-0.3, -0.25) is 4.79 Å². The number of aromatic hydroxyl groups is 1. The van der Waals surface area contributed by atoms with Crippen molar-refractivity contribution in [3.8, 4) is 5.75 Å². The fraction of sp³-hybridized carbons (Fsp3) is 0. The molecule has 2 rings (SSSR count). The molecule has 2 aromatic rings. The molecule has 0 unspecified atom stereocenters. The first-order valence-corrected chi connectivity index (χ1v) is 6.43. The Bertz CT molecular complexity index is 604. The van der Waals surface area contributed by atoms with Gasteiger partial charge < -0.3 is 10.4 Å². The summed E-state index contributed by atoms with van der Waals surface area (Å²) in [6.07, 6.45) is 1.50. The number of rotatable bonds is 2. The molecule has 0 radical (unpaired) electrons. The number of nitrogens with one attached hydrogen (secondary N) is 1. The number of hydrogen-bond acceptors (Lipinski definition) is 3.